The second kappa shape index (κ2) is 5.62. The van der Waals surface area contributed by atoms with E-state index in [0.717, 1.165) is 22.3 Å². The molecular weight excluding hydrogens is 307 g/mol. The maximum absolute atomic E-state index is 6.51. The van der Waals surface area contributed by atoms with E-state index in [2.05, 4.69) is 12.1 Å². The summed E-state index contributed by atoms with van der Waals surface area (Å²) < 4.78 is 11.0. The summed E-state index contributed by atoms with van der Waals surface area (Å²) in [6, 6.07) is 11.9. The lowest BCUT2D eigenvalue weighted by atomic mass is 9.79. The summed E-state index contributed by atoms with van der Waals surface area (Å²) in [7, 11) is 3.37. The van der Waals surface area contributed by atoms with E-state index in [1.807, 2.05) is 24.3 Å². The number of fused-ring (bicyclic) bond motifs is 3. The first-order valence-corrected chi connectivity index (χ1v) is 7.47. The standard InChI is InChI=1S/C17H16Cl2O2/c1-20-9-17(10-21-2)15-11(5-3-7-13(15)18)12-6-4-8-14(19)16(12)17/h3-8H,9-10H2,1-2H3. The van der Waals surface area contributed by atoms with Crippen LogP contribution >= 0.6 is 23.2 Å². The lowest BCUT2D eigenvalue weighted by Crippen LogP contribution is -2.36. The first-order chi connectivity index (χ1) is 10.2. The lowest BCUT2D eigenvalue weighted by molar-refractivity contribution is 0.0815. The van der Waals surface area contributed by atoms with Crippen molar-refractivity contribution in [2.24, 2.45) is 0 Å². The molecule has 2 nitrogen and oxygen atoms in total. The van der Waals surface area contributed by atoms with E-state index in [4.69, 9.17) is 32.7 Å². The fraction of sp³-hybridized carbons (Fsp3) is 0.294. The summed E-state index contributed by atoms with van der Waals surface area (Å²) in [5.74, 6) is 0. The van der Waals surface area contributed by atoms with Gasteiger partial charge in [-0.25, -0.2) is 0 Å². The largest absolute Gasteiger partial charge is 0.383 e. The van der Waals surface area contributed by atoms with Gasteiger partial charge in [0.05, 0.1) is 18.6 Å². The maximum atomic E-state index is 6.51. The number of benzene rings is 2. The number of hydrogen-bond acceptors (Lipinski definition) is 2. The van der Waals surface area contributed by atoms with Crippen molar-refractivity contribution in [2.75, 3.05) is 27.4 Å². The smallest absolute Gasteiger partial charge is 0.0710 e. The molecule has 0 unspecified atom stereocenters. The molecule has 0 saturated carbocycles. The SMILES string of the molecule is COCC1(COC)c2c(Cl)cccc2-c2cccc(Cl)c21. The zero-order chi connectivity index (χ0) is 15.0. The molecule has 4 heteroatoms. The molecule has 0 aliphatic heterocycles. The molecule has 0 N–H and O–H groups in total. The zero-order valence-electron chi connectivity index (χ0n) is 12.0. The first-order valence-electron chi connectivity index (χ1n) is 6.72. The summed E-state index contributed by atoms with van der Waals surface area (Å²) in [4.78, 5) is 0. The monoisotopic (exact) mass is 322 g/mol. The Hall–Kier alpha value is -1.06. The molecule has 2 aromatic carbocycles. The van der Waals surface area contributed by atoms with Gasteiger partial charge in [-0.2, -0.15) is 0 Å². The lowest BCUT2D eigenvalue weighted by Gasteiger charge is -2.31. The summed E-state index contributed by atoms with van der Waals surface area (Å²) in [5, 5.41) is 1.43. The van der Waals surface area contributed by atoms with Crippen LogP contribution in [-0.4, -0.2) is 27.4 Å². The minimum absolute atomic E-state index is 0.467. The third kappa shape index (κ3) is 2.09. The van der Waals surface area contributed by atoms with Gasteiger partial charge in [0.15, 0.2) is 0 Å². The highest BCUT2D eigenvalue weighted by atomic mass is 35.5. The van der Waals surface area contributed by atoms with Gasteiger partial charge in [0.1, 0.15) is 0 Å². The highest BCUT2D eigenvalue weighted by Crippen LogP contribution is 2.54. The number of ether oxygens (including phenoxy) is 2. The maximum Gasteiger partial charge on any atom is 0.0710 e. The molecule has 110 valence electrons. The number of halogens is 2. The van der Waals surface area contributed by atoms with Gasteiger partial charge in [0.25, 0.3) is 0 Å². The number of hydrogen-bond donors (Lipinski definition) is 0. The Morgan fingerprint density at radius 3 is 1.62 bits per heavy atom. The van der Waals surface area contributed by atoms with Crippen LogP contribution in [0, 0.1) is 0 Å². The van der Waals surface area contributed by atoms with E-state index in [1.165, 1.54) is 0 Å². The summed E-state index contributed by atoms with van der Waals surface area (Å²) >= 11 is 13.0. The molecule has 1 aliphatic rings. The molecule has 0 fully saturated rings. The fourth-order valence-electron chi connectivity index (χ4n) is 3.42. The van der Waals surface area contributed by atoms with Gasteiger partial charge in [0, 0.05) is 24.3 Å². The van der Waals surface area contributed by atoms with Crippen molar-refractivity contribution < 1.29 is 9.47 Å². The average Bonchev–Trinajstić information content (AvgIpc) is 2.73. The molecule has 1 aliphatic carbocycles. The molecule has 21 heavy (non-hydrogen) atoms. The summed E-state index contributed by atoms with van der Waals surface area (Å²) in [6.07, 6.45) is 0. The molecule has 0 bridgehead atoms. The Morgan fingerprint density at radius 1 is 0.810 bits per heavy atom. The fourth-order valence-corrected chi connectivity index (χ4v) is 4.13. The quantitative estimate of drug-likeness (QED) is 0.822. The van der Waals surface area contributed by atoms with Gasteiger partial charge in [0.2, 0.25) is 0 Å². The third-order valence-electron chi connectivity index (χ3n) is 4.06. The molecule has 0 saturated heterocycles. The number of rotatable bonds is 4. The zero-order valence-corrected chi connectivity index (χ0v) is 13.5. The van der Waals surface area contributed by atoms with E-state index in [1.54, 1.807) is 14.2 Å². The van der Waals surface area contributed by atoms with Gasteiger partial charge in [-0.05, 0) is 34.4 Å². The Balaban J connectivity index is 2.39. The van der Waals surface area contributed by atoms with E-state index in [-0.39, 0.29) is 0 Å². The van der Waals surface area contributed by atoms with Crippen molar-refractivity contribution in [3.63, 3.8) is 0 Å². The van der Waals surface area contributed by atoms with Gasteiger partial charge in [-0.15, -0.1) is 0 Å². The van der Waals surface area contributed by atoms with Crippen LogP contribution in [0.3, 0.4) is 0 Å². The van der Waals surface area contributed by atoms with Crippen LogP contribution < -0.4 is 0 Å². The van der Waals surface area contributed by atoms with Crippen LogP contribution in [0.2, 0.25) is 10.0 Å². The van der Waals surface area contributed by atoms with Crippen LogP contribution in [0.1, 0.15) is 11.1 Å². The van der Waals surface area contributed by atoms with Gasteiger partial charge in [-0.3, -0.25) is 0 Å². The van der Waals surface area contributed by atoms with Gasteiger partial charge in [-0.1, -0.05) is 47.5 Å². The van der Waals surface area contributed by atoms with E-state index >= 15 is 0 Å². The van der Waals surface area contributed by atoms with Crippen molar-refractivity contribution in [3.05, 3.63) is 57.6 Å². The highest BCUT2D eigenvalue weighted by molar-refractivity contribution is 6.34. The van der Waals surface area contributed by atoms with E-state index < -0.39 is 5.41 Å². The van der Waals surface area contributed by atoms with Crippen LogP contribution in [0.4, 0.5) is 0 Å². The highest BCUT2D eigenvalue weighted by Gasteiger charge is 2.46. The summed E-state index contributed by atoms with van der Waals surface area (Å²) in [6.45, 7) is 0.933. The molecule has 2 aromatic rings. The van der Waals surface area contributed by atoms with Crippen molar-refractivity contribution in [1.82, 2.24) is 0 Å². The minimum atomic E-state index is -0.467. The number of methoxy groups -OCH3 is 2. The third-order valence-corrected chi connectivity index (χ3v) is 4.69. The van der Waals surface area contributed by atoms with Crippen LogP contribution in [-0.2, 0) is 14.9 Å². The predicted octanol–water partition coefficient (Wildman–Crippen LogP) is 4.55. The average molecular weight is 323 g/mol. The molecule has 0 amide bonds. The Morgan fingerprint density at radius 2 is 1.24 bits per heavy atom. The topological polar surface area (TPSA) is 18.5 Å². The first kappa shape index (κ1) is 14.9. The summed E-state index contributed by atoms with van der Waals surface area (Å²) in [5.41, 5.74) is 3.82. The van der Waals surface area contributed by atoms with Crippen molar-refractivity contribution in [2.45, 2.75) is 5.41 Å². The van der Waals surface area contributed by atoms with Crippen LogP contribution in [0.5, 0.6) is 0 Å². The van der Waals surface area contributed by atoms with Crippen molar-refractivity contribution in [1.29, 1.82) is 0 Å². The van der Waals surface area contributed by atoms with Crippen LogP contribution in [0.15, 0.2) is 36.4 Å². The Labute approximate surface area is 134 Å². The molecule has 0 spiro atoms. The van der Waals surface area contributed by atoms with Crippen LogP contribution in [0.25, 0.3) is 11.1 Å². The Bertz CT molecular complexity index is 623. The van der Waals surface area contributed by atoms with Crippen molar-refractivity contribution >= 4 is 23.2 Å². The second-order valence-corrected chi connectivity index (χ2v) is 6.09. The molecule has 0 aromatic heterocycles. The molecule has 0 radical (unpaired) electrons. The molecule has 3 rings (SSSR count). The minimum Gasteiger partial charge on any atom is -0.383 e. The van der Waals surface area contributed by atoms with Crippen molar-refractivity contribution in [3.8, 4) is 11.1 Å². The van der Waals surface area contributed by atoms with Gasteiger partial charge < -0.3 is 9.47 Å². The van der Waals surface area contributed by atoms with Gasteiger partial charge >= 0.3 is 0 Å². The predicted molar refractivity (Wildman–Crippen MR) is 86.4 cm³/mol. The molecule has 0 heterocycles. The molecule has 0 atom stereocenters. The second-order valence-electron chi connectivity index (χ2n) is 5.27. The van der Waals surface area contributed by atoms with E-state index in [0.29, 0.717) is 23.3 Å². The Kier molecular flexibility index (Phi) is 3.98. The normalized spacial score (nSPS) is 14.9. The van der Waals surface area contributed by atoms with E-state index in [9.17, 15) is 0 Å². The molecular formula is C17H16Cl2O2.